The van der Waals surface area contributed by atoms with Crippen LogP contribution in [0.3, 0.4) is 0 Å². The second kappa shape index (κ2) is 6.68. The van der Waals surface area contributed by atoms with E-state index in [-0.39, 0.29) is 29.4 Å². The minimum absolute atomic E-state index is 0.107. The predicted molar refractivity (Wildman–Crippen MR) is 82.3 cm³/mol. The van der Waals surface area contributed by atoms with Crippen molar-refractivity contribution in [3.05, 3.63) is 23.9 Å². The van der Waals surface area contributed by atoms with Crippen LogP contribution >= 0.6 is 0 Å². The summed E-state index contributed by atoms with van der Waals surface area (Å²) in [4.78, 5) is 15.7. The number of aromatic nitrogens is 1. The predicted octanol–water partition coefficient (Wildman–Crippen LogP) is 3.45. The molecule has 0 bridgehead atoms. The lowest BCUT2D eigenvalue weighted by atomic mass is 9.87. The van der Waals surface area contributed by atoms with Gasteiger partial charge in [-0.15, -0.1) is 0 Å². The Bertz CT molecular complexity index is 555. The van der Waals surface area contributed by atoms with Crippen LogP contribution < -0.4 is 15.4 Å². The van der Waals surface area contributed by atoms with Gasteiger partial charge in [-0.25, -0.2) is 9.78 Å². The zero-order chi connectivity index (χ0) is 17.1. The number of pyridine rings is 1. The third kappa shape index (κ3) is 6.00. The molecule has 0 unspecified atom stereocenters. The molecule has 1 aliphatic rings. The summed E-state index contributed by atoms with van der Waals surface area (Å²) in [6, 6.07) is 2.77. The van der Waals surface area contributed by atoms with E-state index in [0.29, 0.717) is 5.56 Å². The first kappa shape index (κ1) is 17.4. The Labute approximate surface area is 134 Å². The summed E-state index contributed by atoms with van der Waals surface area (Å²) in [6.07, 6.45) is 4.27. The molecule has 1 fully saturated rings. The summed E-state index contributed by atoms with van der Waals surface area (Å²) < 4.78 is 28.5. The van der Waals surface area contributed by atoms with Crippen molar-refractivity contribution in [2.45, 2.75) is 58.7 Å². The first-order chi connectivity index (χ1) is 10.7. The number of urea groups is 1. The van der Waals surface area contributed by atoms with E-state index in [0.717, 1.165) is 19.3 Å². The van der Waals surface area contributed by atoms with Crippen molar-refractivity contribution >= 4 is 6.03 Å². The Hall–Kier alpha value is -1.92. The Balaban J connectivity index is 1.83. The Morgan fingerprint density at radius 2 is 2.13 bits per heavy atom. The highest BCUT2D eigenvalue weighted by atomic mass is 19.3. The third-order valence-corrected chi connectivity index (χ3v) is 3.56. The standard InChI is InChI=1S/C16H23F2N3O2/c1-15(2,3)10-16(5-6-16)21-14(22)20-9-11-4-7-19-12(8-11)23-13(17)18/h4,7-8,13H,5-6,9-10H2,1-3H3,(H2,20,21,22). The fraction of sp³-hybridized carbons (Fsp3) is 0.625. The molecule has 2 rings (SSSR count). The second-order valence-electron chi connectivity index (χ2n) is 7.21. The number of amides is 2. The SMILES string of the molecule is CC(C)(C)CC1(NC(=O)NCc2ccnc(OC(F)F)c2)CC1. The summed E-state index contributed by atoms with van der Waals surface area (Å²) in [5.41, 5.74) is 0.687. The van der Waals surface area contributed by atoms with E-state index in [9.17, 15) is 13.6 Å². The minimum atomic E-state index is -2.92. The highest BCUT2D eigenvalue weighted by molar-refractivity contribution is 5.75. The molecule has 1 aliphatic carbocycles. The molecule has 0 aliphatic heterocycles. The molecule has 2 N–H and O–H groups in total. The van der Waals surface area contributed by atoms with Gasteiger partial charge in [-0.1, -0.05) is 20.8 Å². The molecular weight excluding hydrogens is 304 g/mol. The first-order valence-corrected chi connectivity index (χ1v) is 7.63. The van der Waals surface area contributed by atoms with Crippen LogP contribution in [0.15, 0.2) is 18.3 Å². The number of nitrogens with one attached hydrogen (secondary N) is 2. The monoisotopic (exact) mass is 327 g/mol. The summed E-state index contributed by atoms with van der Waals surface area (Å²) in [7, 11) is 0. The quantitative estimate of drug-likeness (QED) is 0.841. The average molecular weight is 327 g/mol. The molecule has 1 aromatic rings. The van der Waals surface area contributed by atoms with E-state index in [1.165, 1.54) is 12.3 Å². The molecule has 0 radical (unpaired) electrons. The topological polar surface area (TPSA) is 63.2 Å². The molecule has 0 aromatic carbocycles. The molecule has 5 nitrogen and oxygen atoms in total. The van der Waals surface area contributed by atoms with Crippen LogP contribution in [0.4, 0.5) is 13.6 Å². The zero-order valence-corrected chi connectivity index (χ0v) is 13.7. The van der Waals surface area contributed by atoms with Crippen molar-refractivity contribution in [1.82, 2.24) is 15.6 Å². The number of hydrogen-bond acceptors (Lipinski definition) is 3. The van der Waals surface area contributed by atoms with E-state index < -0.39 is 6.61 Å². The van der Waals surface area contributed by atoms with Gasteiger partial charge in [0.05, 0.1) is 0 Å². The van der Waals surface area contributed by atoms with Crippen LogP contribution in [-0.4, -0.2) is 23.2 Å². The summed E-state index contributed by atoms with van der Waals surface area (Å²) in [5, 5.41) is 5.76. The normalized spacial score (nSPS) is 16.1. The summed E-state index contributed by atoms with van der Waals surface area (Å²) in [5.74, 6) is -0.161. The van der Waals surface area contributed by atoms with Crippen LogP contribution in [-0.2, 0) is 6.54 Å². The summed E-state index contributed by atoms with van der Waals surface area (Å²) in [6.45, 7) is 3.75. The van der Waals surface area contributed by atoms with E-state index >= 15 is 0 Å². The number of carbonyl (C=O) groups is 1. The average Bonchev–Trinajstić information content (AvgIpc) is 3.13. The number of ether oxygens (including phenoxy) is 1. The number of hydrogen-bond donors (Lipinski definition) is 2. The number of rotatable bonds is 6. The van der Waals surface area contributed by atoms with E-state index in [4.69, 9.17) is 0 Å². The second-order valence-corrected chi connectivity index (χ2v) is 7.21. The van der Waals surface area contributed by atoms with Gasteiger partial charge in [-0.2, -0.15) is 8.78 Å². The highest BCUT2D eigenvalue weighted by Gasteiger charge is 2.46. The van der Waals surface area contributed by atoms with Crippen LogP contribution in [0.5, 0.6) is 5.88 Å². The van der Waals surface area contributed by atoms with Crippen LogP contribution in [0.2, 0.25) is 0 Å². The molecule has 1 saturated carbocycles. The molecule has 0 saturated heterocycles. The molecule has 7 heteroatoms. The van der Waals surface area contributed by atoms with Crippen LogP contribution in [0, 0.1) is 5.41 Å². The van der Waals surface area contributed by atoms with Crippen molar-refractivity contribution in [2.75, 3.05) is 0 Å². The van der Waals surface area contributed by atoms with Crippen molar-refractivity contribution in [1.29, 1.82) is 0 Å². The lowest BCUT2D eigenvalue weighted by Crippen LogP contribution is -2.45. The summed E-state index contributed by atoms with van der Waals surface area (Å²) >= 11 is 0. The minimum Gasteiger partial charge on any atom is -0.417 e. The lowest BCUT2D eigenvalue weighted by Gasteiger charge is -2.26. The fourth-order valence-electron chi connectivity index (χ4n) is 2.70. The van der Waals surface area contributed by atoms with E-state index in [1.807, 2.05) is 0 Å². The molecule has 23 heavy (non-hydrogen) atoms. The maximum atomic E-state index is 12.2. The van der Waals surface area contributed by atoms with E-state index in [2.05, 4.69) is 41.1 Å². The number of nitrogens with zero attached hydrogens (tertiary/aromatic N) is 1. The van der Waals surface area contributed by atoms with Gasteiger partial charge in [0, 0.05) is 24.3 Å². The van der Waals surface area contributed by atoms with Gasteiger partial charge >= 0.3 is 12.6 Å². The van der Waals surface area contributed by atoms with Gasteiger partial charge < -0.3 is 15.4 Å². The Morgan fingerprint density at radius 3 is 2.70 bits per heavy atom. The van der Waals surface area contributed by atoms with Crippen LogP contribution in [0.1, 0.15) is 45.6 Å². The Morgan fingerprint density at radius 1 is 1.43 bits per heavy atom. The van der Waals surface area contributed by atoms with Gasteiger partial charge in [0.2, 0.25) is 5.88 Å². The van der Waals surface area contributed by atoms with Gasteiger partial charge in [0.25, 0.3) is 0 Å². The molecule has 1 aromatic heterocycles. The number of halogens is 2. The molecule has 0 spiro atoms. The Kier molecular flexibility index (Phi) is 5.06. The largest absolute Gasteiger partial charge is 0.417 e. The van der Waals surface area contributed by atoms with Gasteiger partial charge in [-0.3, -0.25) is 0 Å². The molecule has 1 heterocycles. The van der Waals surface area contributed by atoms with Gasteiger partial charge in [0.15, 0.2) is 0 Å². The third-order valence-electron chi connectivity index (χ3n) is 3.56. The molecule has 128 valence electrons. The van der Waals surface area contributed by atoms with Crippen LogP contribution in [0.25, 0.3) is 0 Å². The van der Waals surface area contributed by atoms with Crippen molar-refractivity contribution in [3.8, 4) is 5.88 Å². The van der Waals surface area contributed by atoms with Crippen molar-refractivity contribution < 1.29 is 18.3 Å². The molecule has 2 amide bonds. The molecule has 0 atom stereocenters. The van der Waals surface area contributed by atoms with E-state index in [1.54, 1.807) is 6.07 Å². The molecular formula is C16H23F2N3O2. The lowest BCUT2D eigenvalue weighted by molar-refractivity contribution is -0.0529. The van der Waals surface area contributed by atoms with Gasteiger partial charge in [-0.05, 0) is 36.3 Å². The maximum Gasteiger partial charge on any atom is 0.388 e. The van der Waals surface area contributed by atoms with Gasteiger partial charge in [0.1, 0.15) is 0 Å². The highest BCUT2D eigenvalue weighted by Crippen LogP contribution is 2.44. The fourth-order valence-corrected chi connectivity index (χ4v) is 2.70. The smallest absolute Gasteiger partial charge is 0.388 e. The van der Waals surface area contributed by atoms with Crippen molar-refractivity contribution in [2.24, 2.45) is 5.41 Å². The van der Waals surface area contributed by atoms with Crippen molar-refractivity contribution in [3.63, 3.8) is 0 Å². The number of carbonyl (C=O) groups excluding carboxylic acids is 1. The first-order valence-electron chi connectivity index (χ1n) is 7.63. The maximum absolute atomic E-state index is 12.2. The zero-order valence-electron chi connectivity index (χ0n) is 13.7. The number of alkyl halides is 2.